The number of hydrogen-bond acceptors (Lipinski definition) is 3. The van der Waals surface area contributed by atoms with Crippen LogP contribution in [0.15, 0.2) is 66.9 Å². The minimum atomic E-state index is -0.0651. The number of para-hydroxylation sites is 1. The molecule has 132 valence electrons. The summed E-state index contributed by atoms with van der Waals surface area (Å²) >= 11 is 0. The van der Waals surface area contributed by atoms with E-state index in [1.807, 2.05) is 74.5 Å². The second kappa shape index (κ2) is 8.30. The first kappa shape index (κ1) is 17.7. The SMILES string of the molecule is CCOc1ccccc1CC(=O)Nc1ccc(-c2ccnc(C)c2)cc1. The maximum absolute atomic E-state index is 12.4. The van der Waals surface area contributed by atoms with E-state index in [2.05, 4.69) is 10.3 Å². The molecule has 0 radical (unpaired) electrons. The third-order valence-electron chi connectivity index (χ3n) is 4.02. The van der Waals surface area contributed by atoms with Crippen LogP contribution in [0.3, 0.4) is 0 Å². The van der Waals surface area contributed by atoms with Crippen molar-refractivity contribution in [2.45, 2.75) is 20.3 Å². The number of hydrogen-bond donors (Lipinski definition) is 1. The Labute approximate surface area is 153 Å². The number of pyridine rings is 1. The van der Waals surface area contributed by atoms with E-state index in [4.69, 9.17) is 4.74 Å². The Bertz CT molecular complexity index is 889. The molecule has 0 aliphatic carbocycles. The van der Waals surface area contributed by atoms with Crippen molar-refractivity contribution in [3.05, 3.63) is 78.1 Å². The third-order valence-corrected chi connectivity index (χ3v) is 4.02. The maximum Gasteiger partial charge on any atom is 0.228 e. The van der Waals surface area contributed by atoms with Crippen LogP contribution in [0.25, 0.3) is 11.1 Å². The summed E-state index contributed by atoms with van der Waals surface area (Å²) in [6.07, 6.45) is 2.08. The van der Waals surface area contributed by atoms with Crippen molar-refractivity contribution in [1.82, 2.24) is 4.98 Å². The molecule has 0 atom stereocenters. The van der Waals surface area contributed by atoms with E-state index in [-0.39, 0.29) is 12.3 Å². The van der Waals surface area contributed by atoms with Crippen LogP contribution in [0.2, 0.25) is 0 Å². The first-order chi connectivity index (χ1) is 12.7. The van der Waals surface area contributed by atoms with Gasteiger partial charge in [0.15, 0.2) is 0 Å². The van der Waals surface area contributed by atoms with E-state index < -0.39 is 0 Å². The van der Waals surface area contributed by atoms with Crippen LogP contribution in [-0.4, -0.2) is 17.5 Å². The molecule has 0 fully saturated rings. The van der Waals surface area contributed by atoms with Crippen LogP contribution in [0.1, 0.15) is 18.2 Å². The topological polar surface area (TPSA) is 51.2 Å². The quantitative estimate of drug-likeness (QED) is 0.707. The Morgan fingerprint density at radius 3 is 2.54 bits per heavy atom. The first-order valence-corrected chi connectivity index (χ1v) is 8.69. The van der Waals surface area contributed by atoms with Gasteiger partial charge < -0.3 is 10.1 Å². The number of carbonyl (C=O) groups is 1. The monoisotopic (exact) mass is 346 g/mol. The molecule has 0 aliphatic rings. The van der Waals surface area contributed by atoms with Gasteiger partial charge in [-0.3, -0.25) is 9.78 Å². The van der Waals surface area contributed by atoms with Crippen LogP contribution in [0.4, 0.5) is 5.69 Å². The summed E-state index contributed by atoms with van der Waals surface area (Å²) in [6.45, 7) is 4.48. The van der Waals surface area contributed by atoms with Crippen molar-refractivity contribution in [2.75, 3.05) is 11.9 Å². The van der Waals surface area contributed by atoms with E-state index >= 15 is 0 Å². The predicted molar refractivity (Wildman–Crippen MR) is 104 cm³/mol. The van der Waals surface area contributed by atoms with E-state index in [1.165, 1.54) is 0 Å². The number of ether oxygens (including phenoxy) is 1. The molecule has 3 rings (SSSR count). The summed E-state index contributed by atoms with van der Waals surface area (Å²) in [5.41, 5.74) is 4.85. The maximum atomic E-state index is 12.4. The van der Waals surface area contributed by atoms with Gasteiger partial charge in [-0.25, -0.2) is 0 Å². The number of rotatable bonds is 6. The van der Waals surface area contributed by atoms with Crippen molar-refractivity contribution >= 4 is 11.6 Å². The lowest BCUT2D eigenvalue weighted by atomic mass is 10.1. The molecular weight excluding hydrogens is 324 g/mol. The minimum Gasteiger partial charge on any atom is -0.494 e. The molecule has 0 spiro atoms. The zero-order valence-corrected chi connectivity index (χ0v) is 15.0. The summed E-state index contributed by atoms with van der Waals surface area (Å²) in [5, 5.41) is 2.94. The zero-order chi connectivity index (χ0) is 18.4. The zero-order valence-electron chi connectivity index (χ0n) is 15.0. The molecule has 4 nitrogen and oxygen atoms in total. The third kappa shape index (κ3) is 4.48. The second-order valence-electron chi connectivity index (χ2n) is 6.03. The lowest BCUT2D eigenvalue weighted by Gasteiger charge is -2.11. The standard InChI is InChI=1S/C22H22N2O2/c1-3-26-21-7-5-4-6-19(21)15-22(25)24-20-10-8-17(9-11-20)18-12-13-23-16(2)14-18/h4-14H,3,15H2,1-2H3,(H,24,25). The molecule has 2 aromatic carbocycles. The number of aromatic nitrogens is 1. The molecule has 1 amide bonds. The molecule has 4 heteroatoms. The van der Waals surface area contributed by atoms with E-state index in [9.17, 15) is 4.79 Å². The van der Waals surface area contributed by atoms with Crippen LogP contribution >= 0.6 is 0 Å². The van der Waals surface area contributed by atoms with Gasteiger partial charge in [0, 0.05) is 23.1 Å². The second-order valence-corrected chi connectivity index (χ2v) is 6.03. The molecule has 1 aromatic heterocycles. The van der Waals surface area contributed by atoms with Crippen molar-refractivity contribution in [3.8, 4) is 16.9 Å². The lowest BCUT2D eigenvalue weighted by molar-refractivity contribution is -0.115. The van der Waals surface area contributed by atoms with Crippen molar-refractivity contribution in [2.24, 2.45) is 0 Å². The molecule has 1 N–H and O–H groups in total. The number of benzene rings is 2. The Morgan fingerprint density at radius 1 is 1.04 bits per heavy atom. The van der Waals surface area contributed by atoms with Gasteiger partial charge in [-0.15, -0.1) is 0 Å². The molecule has 0 saturated carbocycles. The fourth-order valence-corrected chi connectivity index (χ4v) is 2.80. The van der Waals surface area contributed by atoms with Crippen molar-refractivity contribution in [1.29, 1.82) is 0 Å². The molecule has 26 heavy (non-hydrogen) atoms. The number of carbonyl (C=O) groups excluding carboxylic acids is 1. The van der Waals surface area contributed by atoms with Gasteiger partial charge in [0.25, 0.3) is 0 Å². The fourth-order valence-electron chi connectivity index (χ4n) is 2.80. The van der Waals surface area contributed by atoms with Crippen LogP contribution in [0, 0.1) is 6.92 Å². The molecule has 0 bridgehead atoms. The number of nitrogens with one attached hydrogen (secondary N) is 1. The summed E-state index contributed by atoms with van der Waals surface area (Å²) in [5.74, 6) is 0.693. The summed E-state index contributed by atoms with van der Waals surface area (Å²) in [6, 6.07) is 19.5. The number of anilines is 1. The molecule has 0 unspecified atom stereocenters. The molecule has 0 aliphatic heterocycles. The average molecular weight is 346 g/mol. The van der Waals surface area contributed by atoms with Gasteiger partial charge in [-0.05, 0) is 55.3 Å². The van der Waals surface area contributed by atoms with E-state index in [0.717, 1.165) is 33.8 Å². The minimum absolute atomic E-state index is 0.0651. The highest BCUT2D eigenvalue weighted by Gasteiger charge is 2.09. The number of amides is 1. The normalized spacial score (nSPS) is 10.4. The highest BCUT2D eigenvalue weighted by molar-refractivity contribution is 5.92. The summed E-state index contributed by atoms with van der Waals surface area (Å²) < 4.78 is 5.58. The van der Waals surface area contributed by atoms with Gasteiger partial charge in [0.2, 0.25) is 5.91 Å². The van der Waals surface area contributed by atoms with Crippen molar-refractivity contribution < 1.29 is 9.53 Å². The Morgan fingerprint density at radius 2 is 1.81 bits per heavy atom. The molecular formula is C22H22N2O2. The Hall–Kier alpha value is -3.14. The summed E-state index contributed by atoms with van der Waals surface area (Å²) in [7, 11) is 0. The van der Waals surface area contributed by atoms with Crippen molar-refractivity contribution in [3.63, 3.8) is 0 Å². The fraction of sp³-hybridized carbons (Fsp3) is 0.182. The van der Waals surface area contributed by atoms with Gasteiger partial charge in [-0.2, -0.15) is 0 Å². The summed E-state index contributed by atoms with van der Waals surface area (Å²) in [4.78, 5) is 16.6. The largest absolute Gasteiger partial charge is 0.494 e. The molecule has 1 heterocycles. The first-order valence-electron chi connectivity index (χ1n) is 8.69. The molecule has 0 saturated heterocycles. The van der Waals surface area contributed by atoms with Gasteiger partial charge >= 0.3 is 0 Å². The average Bonchev–Trinajstić information content (AvgIpc) is 2.64. The predicted octanol–water partition coefficient (Wildman–Crippen LogP) is 4.64. The number of nitrogens with zero attached hydrogens (tertiary/aromatic N) is 1. The van der Waals surface area contributed by atoms with E-state index in [1.54, 1.807) is 6.20 Å². The highest BCUT2D eigenvalue weighted by Crippen LogP contribution is 2.22. The van der Waals surface area contributed by atoms with Gasteiger partial charge in [-0.1, -0.05) is 30.3 Å². The number of aryl methyl sites for hydroxylation is 1. The van der Waals surface area contributed by atoms with E-state index in [0.29, 0.717) is 6.61 Å². The lowest BCUT2D eigenvalue weighted by Crippen LogP contribution is -2.15. The van der Waals surface area contributed by atoms with Gasteiger partial charge in [0.05, 0.1) is 13.0 Å². The van der Waals surface area contributed by atoms with Crippen LogP contribution in [-0.2, 0) is 11.2 Å². The molecule has 3 aromatic rings. The Balaban J connectivity index is 1.67. The Kier molecular flexibility index (Phi) is 5.64. The smallest absolute Gasteiger partial charge is 0.228 e. The highest BCUT2D eigenvalue weighted by atomic mass is 16.5. The van der Waals surface area contributed by atoms with Crippen LogP contribution < -0.4 is 10.1 Å². The van der Waals surface area contributed by atoms with Crippen LogP contribution in [0.5, 0.6) is 5.75 Å². The van der Waals surface area contributed by atoms with Gasteiger partial charge in [0.1, 0.15) is 5.75 Å².